The summed E-state index contributed by atoms with van der Waals surface area (Å²) in [7, 11) is 0. The van der Waals surface area contributed by atoms with Crippen molar-refractivity contribution in [1.82, 2.24) is 0 Å². The van der Waals surface area contributed by atoms with Gasteiger partial charge in [-0.05, 0) is 40.2 Å². The Balaban J connectivity index is 3.28. The van der Waals surface area contributed by atoms with E-state index < -0.39 is 40.2 Å². The number of aliphatic carboxylic acids is 1. The lowest BCUT2D eigenvalue weighted by Crippen LogP contribution is -2.52. The molecule has 6 heteroatoms. The SMILES string of the molecule is CC(C)(C)OC(C(=O)C(C)(C)C(C)(C)OC(CC(=O)C(C)(C)C)C(=O)O)c1ccccc1. The summed E-state index contributed by atoms with van der Waals surface area (Å²) in [6, 6.07) is 9.22. The van der Waals surface area contributed by atoms with E-state index in [1.165, 1.54) is 0 Å². The first-order valence-corrected chi connectivity index (χ1v) is 11.0. The molecule has 0 saturated heterocycles. The van der Waals surface area contributed by atoms with E-state index in [1.54, 1.807) is 48.5 Å². The van der Waals surface area contributed by atoms with Crippen molar-refractivity contribution in [2.75, 3.05) is 0 Å². The van der Waals surface area contributed by atoms with Gasteiger partial charge in [-0.1, -0.05) is 65.0 Å². The molecule has 6 nitrogen and oxygen atoms in total. The Morgan fingerprint density at radius 1 is 0.844 bits per heavy atom. The largest absolute Gasteiger partial charge is 0.479 e. The maximum Gasteiger partial charge on any atom is 0.333 e. The molecule has 0 bridgehead atoms. The van der Waals surface area contributed by atoms with Crippen LogP contribution >= 0.6 is 0 Å². The highest BCUT2D eigenvalue weighted by molar-refractivity contribution is 5.91. The van der Waals surface area contributed by atoms with Gasteiger partial charge in [-0.3, -0.25) is 9.59 Å². The van der Waals surface area contributed by atoms with Crippen LogP contribution in [0.25, 0.3) is 0 Å². The minimum absolute atomic E-state index is 0.219. The van der Waals surface area contributed by atoms with E-state index in [0.717, 1.165) is 0 Å². The summed E-state index contributed by atoms with van der Waals surface area (Å²) in [4.78, 5) is 38.2. The summed E-state index contributed by atoms with van der Waals surface area (Å²) in [5.41, 5.74) is -2.88. The fourth-order valence-corrected chi connectivity index (χ4v) is 3.04. The molecular formula is C26H40O6. The summed E-state index contributed by atoms with van der Waals surface area (Å²) in [5.74, 6) is -1.68. The lowest BCUT2D eigenvalue weighted by atomic mass is 9.71. The zero-order valence-corrected chi connectivity index (χ0v) is 21.2. The predicted molar refractivity (Wildman–Crippen MR) is 124 cm³/mol. The van der Waals surface area contributed by atoms with Crippen molar-refractivity contribution in [3.63, 3.8) is 0 Å². The molecular weight excluding hydrogens is 408 g/mol. The van der Waals surface area contributed by atoms with Gasteiger partial charge in [-0.25, -0.2) is 4.79 Å². The van der Waals surface area contributed by atoms with Crippen LogP contribution in [0.2, 0.25) is 0 Å². The van der Waals surface area contributed by atoms with Gasteiger partial charge < -0.3 is 14.6 Å². The molecule has 1 aromatic rings. The van der Waals surface area contributed by atoms with Gasteiger partial charge in [0, 0.05) is 11.8 Å². The Morgan fingerprint density at radius 2 is 1.34 bits per heavy atom. The van der Waals surface area contributed by atoms with Crippen LogP contribution in [-0.2, 0) is 23.9 Å². The summed E-state index contributed by atoms with van der Waals surface area (Å²) in [5, 5.41) is 9.71. The number of ether oxygens (including phenoxy) is 2. The summed E-state index contributed by atoms with van der Waals surface area (Å²) >= 11 is 0. The number of carbonyl (C=O) groups excluding carboxylic acids is 2. The van der Waals surface area contributed by atoms with E-state index in [1.807, 2.05) is 51.1 Å². The van der Waals surface area contributed by atoms with E-state index in [-0.39, 0.29) is 18.0 Å². The van der Waals surface area contributed by atoms with Crippen LogP contribution in [0.5, 0.6) is 0 Å². The molecule has 0 aliphatic heterocycles. The number of rotatable bonds is 10. The normalized spacial score (nSPS) is 15.2. The highest BCUT2D eigenvalue weighted by Gasteiger charge is 2.50. The Morgan fingerprint density at radius 3 is 1.75 bits per heavy atom. The van der Waals surface area contributed by atoms with Crippen LogP contribution in [0.3, 0.4) is 0 Å². The van der Waals surface area contributed by atoms with Crippen molar-refractivity contribution in [2.24, 2.45) is 10.8 Å². The van der Waals surface area contributed by atoms with Gasteiger partial charge in [0.1, 0.15) is 11.9 Å². The molecule has 0 aliphatic rings. The van der Waals surface area contributed by atoms with Crippen LogP contribution in [0.15, 0.2) is 30.3 Å². The molecule has 0 aromatic heterocycles. The average Bonchev–Trinajstić information content (AvgIpc) is 2.63. The molecule has 0 fully saturated rings. The van der Waals surface area contributed by atoms with Crippen molar-refractivity contribution < 1.29 is 29.0 Å². The van der Waals surface area contributed by atoms with Crippen molar-refractivity contribution in [3.8, 4) is 0 Å². The molecule has 2 atom stereocenters. The first kappa shape index (κ1) is 28.0. The van der Waals surface area contributed by atoms with Crippen molar-refractivity contribution >= 4 is 17.5 Å². The fourth-order valence-electron chi connectivity index (χ4n) is 3.04. The second-order valence-corrected chi connectivity index (χ2v) is 11.3. The monoisotopic (exact) mass is 448 g/mol. The van der Waals surface area contributed by atoms with E-state index in [4.69, 9.17) is 9.47 Å². The Kier molecular flexibility index (Phi) is 8.60. The van der Waals surface area contributed by atoms with Crippen LogP contribution < -0.4 is 0 Å². The standard InChI is InChI=1S/C26H40O6/c1-23(2,3)19(27)16-18(22(29)30)31-26(9,10)25(7,8)21(28)20(32-24(4,5)6)17-14-12-11-13-15-17/h11-15,18,20H,16H2,1-10H3,(H,29,30). The van der Waals surface area contributed by atoms with Gasteiger partial charge in [-0.15, -0.1) is 0 Å². The van der Waals surface area contributed by atoms with Gasteiger partial charge in [0.05, 0.1) is 16.6 Å². The number of carboxylic acid groups (broad SMARTS) is 1. The maximum absolute atomic E-state index is 13.8. The molecule has 0 aliphatic carbocycles. The third-order valence-electron chi connectivity index (χ3n) is 5.85. The number of benzene rings is 1. The Bertz CT molecular complexity index is 809. The molecule has 1 rings (SSSR count). The third-order valence-corrected chi connectivity index (χ3v) is 5.85. The van der Waals surface area contributed by atoms with Crippen LogP contribution in [-0.4, -0.2) is 39.9 Å². The first-order valence-electron chi connectivity index (χ1n) is 11.0. The molecule has 1 N–H and O–H groups in total. The second kappa shape index (κ2) is 9.84. The number of hydrogen-bond donors (Lipinski definition) is 1. The molecule has 0 spiro atoms. The van der Waals surface area contributed by atoms with Gasteiger partial charge in [0.15, 0.2) is 11.9 Å². The predicted octanol–water partition coefficient (Wildman–Crippen LogP) is 5.39. The number of Topliss-reactive ketones (excluding diaryl/α,β-unsaturated/α-hetero) is 2. The highest BCUT2D eigenvalue weighted by atomic mass is 16.5. The minimum Gasteiger partial charge on any atom is -0.479 e. The summed E-state index contributed by atoms with van der Waals surface area (Å²) in [6.45, 7) is 17.7. The molecule has 180 valence electrons. The number of ketones is 2. The van der Waals surface area contributed by atoms with Gasteiger partial charge in [0.25, 0.3) is 0 Å². The lowest BCUT2D eigenvalue weighted by Gasteiger charge is -2.44. The quantitative estimate of drug-likeness (QED) is 0.516. The average molecular weight is 449 g/mol. The van der Waals surface area contributed by atoms with Gasteiger partial charge in [-0.2, -0.15) is 0 Å². The number of carboxylic acids is 1. The minimum atomic E-state index is -1.36. The van der Waals surface area contributed by atoms with Crippen LogP contribution in [0.4, 0.5) is 0 Å². The summed E-state index contributed by atoms with van der Waals surface area (Å²) < 4.78 is 12.1. The molecule has 32 heavy (non-hydrogen) atoms. The fraction of sp³-hybridized carbons (Fsp3) is 0.654. The molecule has 0 heterocycles. The van der Waals surface area contributed by atoms with E-state index in [9.17, 15) is 19.5 Å². The van der Waals surface area contributed by atoms with Gasteiger partial charge in [0.2, 0.25) is 0 Å². The molecule has 0 radical (unpaired) electrons. The zero-order valence-electron chi connectivity index (χ0n) is 21.2. The number of carbonyl (C=O) groups is 3. The van der Waals surface area contributed by atoms with Gasteiger partial charge >= 0.3 is 5.97 Å². The highest BCUT2D eigenvalue weighted by Crippen LogP contribution is 2.42. The van der Waals surface area contributed by atoms with Crippen molar-refractivity contribution in [1.29, 1.82) is 0 Å². The third kappa shape index (κ3) is 7.24. The molecule has 0 saturated carbocycles. The van der Waals surface area contributed by atoms with E-state index >= 15 is 0 Å². The first-order chi connectivity index (χ1) is 14.3. The zero-order chi connectivity index (χ0) is 25.1. The lowest BCUT2D eigenvalue weighted by molar-refractivity contribution is -0.188. The summed E-state index contributed by atoms with van der Waals surface area (Å²) in [6.07, 6.45) is -2.48. The topological polar surface area (TPSA) is 89.9 Å². The van der Waals surface area contributed by atoms with Crippen molar-refractivity contribution in [2.45, 2.75) is 99.1 Å². The second-order valence-electron chi connectivity index (χ2n) is 11.3. The number of hydrogen-bond acceptors (Lipinski definition) is 5. The Labute approximate surface area is 192 Å². The van der Waals surface area contributed by atoms with Crippen LogP contribution in [0.1, 0.15) is 87.3 Å². The smallest absolute Gasteiger partial charge is 0.333 e. The van der Waals surface area contributed by atoms with E-state index in [0.29, 0.717) is 5.56 Å². The maximum atomic E-state index is 13.8. The van der Waals surface area contributed by atoms with Crippen LogP contribution in [0, 0.1) is 10.8 Å². The van der Waals surface area contributed by atoms with Crippen molar-refractivity contribution in [3.05, 3.63) is 35.9 Å². The molecule has 1 aromatic carbocycles. The molecule has 0 amide bonds. The Hall–Kier alpha value is -2.05. The van der Waals surface area contributed by atoms with E-state index in [2.05, 4.69) is 0 Å². The molecule has 2 unspecified atom stereocenters.